The van der Waals surface area contributed by atoms with Gasteiger partial charge in [-0.3, -0.25) is 0 Å². The van der Waals surface area contributed by atoms with E-state index in [1.54, 1.807) is 32.9 Å². The van der Waals surface area contributed by atoms with Crippen molar-refractivity contribution in [2.24, 2.45) is 0 Å². The van der Waals surface area contributed by atoms with Gasteiger partial charge in [-0.1, -0.05) is 23.2 Å². The summed E-state index contributed by atoms with van der Waals surface area (Å²) in [6.07, 6.45) is -9.99. The smallest absolute Gasteiger partial charge is 0.416 e. The third-order valence-electron chi connectivity index (χ3n) is 7.14. The Bertz CT molecular complexity index is 1300. The van der Waals surface area contributed by atoms with E-state index in [0.717, 1.165) is 0 Å². The van der Waals surface area contributed by atoms with Gasteiger partial charge in [0, 0.05) is 35.1 Å². The van der Waals surface area contributed by atoms with Crippen LogP contribution < -0.4 is 10.6 Å². The SMILES string of the molecule is CC(C)(C)OC(=O)N1CC[C@@H](NC(=O)NC2(c3cc(C(F)(F)F)cc(C(F)(F)F)c3)CC2)[C@H](c2cc(Cl)cc(Cl)c2)C1. The zero-order chi connectivity index (χ0) is 31.3. The molecule has 230 valence electrons. The molecule has 6 nitrogen and oxygen atoms in total. The molecule has 14 heteroatoms. The first-order valence-corrected chi connectivity index (χ1v) is 13.8. The van der Waals surface area contributed by atoms with Crippen LogP contribution in [0.2, 0.25) is 10.0 Å². The molecule has 0 bridgehead atoms. The number of alkyl halides is 6. The number of halogens is 8. The number of carbonyl (C=O) groups excluding carboxylic acids is 2. The van der Waals surface area contributed by atoms with Crippen LogP contribution in [-0.2, 0) is 22.6 Å². The number of hydrogen-bond donors (Lipinski definition) is 2. The topological polar surface area (TPSA) is 70.7 Å². The number of benzene rings is 2. The van der Waals surface area contributed by atoms with Gasteiger partial charge in [0.15, 0.2) is 0 Å². The summed E-state index contributed by atoms with van der Waals surface area (Å²) >= 11 is 12.4. The lowest BCUT2D eigenvalue weighted by molar-refractivity contribution is -0.143. The van der Waals surface area contributed by atoms with Crippen molar-refractivity contribution in [2.45, 2.75) is 75.5 Å². The van der Waals surface area contributed by atoms with E-state index in [0.29, 0.717) is 27.7 Å². The van der Waals surface area contributed by atoms with Crippen molar-refractivity contribution in [2.75, 3.05) is 13.1 Å². The van der Waals surface area contributed by atoms with Gasteiger partial charge in [0.25, 0.3) is 0 Å². The second-order valence-electron chi connectivity index (χ2n) is 11.6. The fourth-order valence-electron chi connectivity index (χ4n) is 5.01. The van der Waals surface area contributed by atoms with E-state index in [2.05, 4.69) is 10.6 Å². The van der Waals surface area contributed by atoms with Crippen molar-refractivity contribution in [3.63, 3.8) is 0 Å². The third-order valence-corrected chi connectivity index (χ3v) is 7.57. The summed E-state index contributed by atoms with van der Waals surface area (Å²) in [5.41, 5.74) is -4.69. The molecule has 4 rings (SSSR count). The highest BCUT2D eigenvalue weighted by molar-refractivity contribution is 6.34. The molecule has 2 fully saturated rings. The Labute approximate surface area is 248 Å². The fourth-order valence-corrected chi connectivity index (χ4v) is 5.55. The second-order valence-corrected chi connectivity index (χ2v) is 12.5. The van der Waals surface area contributed by atoms with Crippen LogP contribution in [0.3, 0.4) is 0 Å². The molecule has 3 amide bonds. The number of rotatable bonds is 4. The van der Waals surface area contributed by atoms with Crippen LogP contribution in [0.4, 0.5) is 35.9 Å². The van der Waals surface area contributed by atoms with Crippen LogP contribution in [0.25, 0.3) is 0 Å². The number of nitrogens with one attached hydrogen (secondary N) is 2. The Kier molecular flexibility index (Phi) is 8.65. The van der Waals surface area contributed by atoms with Gasteiger partial charge in [0.05, 0.1) is 16.7 Å². The summed E-state index contributed by atoms with van der Waals surface area (Å²) < 4.78 is 86.1. The van der Waals surface area contributed by atoms with Crippen molar-refractivity contribution < 1.29 is 40.7 Å². The fraction of sp³-hybridized carbons (Fsp3) is 0.500. The van der Waals surface area contributed by atoms with Crippen LogP contribution in [0.1, 0.15) is 68.2 Å². The van der Waals surface area contributed by atoms with Gasteiger partial charge in [0.2, 0.25) is 0 Å². The highest BCUT2D eigenvalue weighted by Crippen LogP contribution is 2.48. The average molecular weight is 640 g/mol. The quantitative estimate of drug-likeness (QED) is 0.332. The minimum Gasteiger partial charge on any atom is -0.444 e. The highest BCUT2D eigenvalue weighted by Gasteiger charge is 2.49. The van der Waals surface area contributed by atoms with Gasteiger partial charge in [-0.2, -0.15) is 26.3 Å². The molecule has 0 radical (unpaired) electrons. The number of piperidine rings is 1. The lowest BCUT2D eigenvalue weighted by Gasteiger charge is -2.40. The van der Waals surface area contributed by atoms with Gasteiger partial charge < -0.3 is 20.3 Å². The Morgan fingerprint density at radius 2 is 1.45 bits per heavy atom. The first-order chi connectivity index (χ1) is 19.3. The van der Waals surface area contributed by atoms with Crippen molar-refractivity contribution in [1.29, 1.82) is 0 Å². The van der Waals surface area contributed by atoms with Crippen LogP contribution >= 0.6 is 23.2 Å². The second kappa shape index (κ2) is 11.3. The van der Waals surface area contributed by atoms with Crippen molar-refractivity contribution in [3.05, 3.63) is 68.7 Å². The summed E-state index contributed by atoms with van der Waals surface area (Å²) in [4.78, 5) is 27.5. The van der Waals surface area contributed by atoms with E-state index in [4.69, 9.17) is 27.9 Å². The number of carbonyl (C=O) groups is 2. The zero-order valence-corrected chi connectivity index (χ0v) is 24.4. The predicted octanol–water partition coefficient (Wildman–Crippen LogP) is 8.11. The number of likely N-dealkylation sites (tertiary alicyclic amines) is 1. The molecular weight excluding hydrogens is 611 g/mol. The highest BCUT2D eigenvalue weighted by atomic mass is 35.5. The predicted molar refractivity (Wildman–Crippen MR) is 144 cm³/mol. The van der Waals surface area contributed by atoms with E-state index in [-0.39, 0.29) is 44.0 Å². The standard InChI is InChI=1S/C28H29Cl2F6N3O3/c1-25(2,3)42-24(41)39-7-4-22(21(14-39)15-8-19(29)13-20(30)9-15)37-23(40)38-26(5-6-26)16-10-17(27(31,32)33)12-18(11-16)28(34,35)36/h8-13,21-22H,4-7,14H2,1-3H3,(H2,37,38,40)/t21-,22+/m0/s1. The Morgan fingerprint density at radius 1 is 0.905 bits per heavy atom. The average Bonchev–Trinajstić information content (AvgIpc) is 3.61. The minimum absolute atomic E-state index is 0.0544. The van der Waals surface area contributed by atoms with E-state index in [1.165, 1.54) is 11.0 Å². The van der Waals surface area contributed by atoms with Crippen LogP contribution in [0, 0.1) is 0 Å². The Morgan fingerprint density at radius 3 is 1.93 bits per heavy atom. The molecule has 1 heterocycles. The number of amides is 3. The van der Waals surface area contributed by atoms with E-state index in [9.17, 15) is 35.9 Å². The summed E-state index contributed by atoms with van der Waals surface area (Å²) in [7, 11) is 0. The lowest BCUT2D eigenvalue weighted by Crippen LogP contribution is -2.54. The Balaban J connectivity index is 1.57. The maximum absolute atomic E-state index is 13.4. The lowest BCUT2D eigenvalue weighted by atomic mass is 9.86. The molecule has 2 atom stereocenters. The van der Waals surface area contributed by atoms with Gasteiger partial charge in [0.1, 0.15) is 5.60 Å². The molecule has 0 spiro atoms. The van der Waals surface area contributed by atoms with Crippen molar-refractivity contribution in [1.82, 2.24) is 15.5 Å². The molecule has 2 aromatic rings. The van der Waals surface area contributed by atoms with E-state index in [1.807, 2.05) is 0 Å². The van der Waals surface area contributed by atoms with Gasteiger partial charge >= 0.3 is 24.5 Å². The number of hydrogen-bond acceptors (Lipinski definition) is 3. The summed E-state index contributed by atoms with van der Waals surface area (Å²) in [6, 6.07) is 4.79. The molecule has 2 aromatic carbocycles. The zero-order valence-electron chi connectivity index (χ0n) is 22.9. The number of nitrogens with zero attached hydrogens (tertiary/aromatic N) is 1. The van der Waals surface area contributed by atoms with Crippen LogP contribution in [-0.4, -0.2) is 41.8 Å². The summed E-state index contributed by atoms with van der Waals surface area (Å²) in [5.74, 6) is -0.506. The van der Waals surface area contributed by atoms with Gasteiger partial charge in [-0.25, -0.2) is 9.59 Å². The molecule has 42 heavy (non-hydrogen) atoms. The molecule has 1 aliphatic carbocycles. The van der Waals surface area contributed by atoms with Crippen molar-refractivity contribution in [3.8, 4) is 0 Å². The molecule has 1 aliphatic heterocycles. The first kappa shape index (κ1) is 32.1. The Hall–Kier alpha value is -2.86. The van der Waals surface area contributed by atoms with E-state index >= 15 is 0 Å². The van der Waals surface area contributed by atoms with Gasteiger partial charge in [-0.05, 0) is 87.6 Å². The molecule has 2 N–H and O–H groups in total. The largest absolute Gasteiger partial charge is 0.444 e. The maximum atomic E-state index is 13.4. The minimum atomic E-state index is -5.01. The maximum Gasteiger partial charge on any atom is 0.416 e. The summed E-state index contributed by atoms with van der Waals surface area (Å²) in [5, 5.41) is 6.08. The number of ether oxygens (including phenoxy) is 1. The monoisotopic (exact) mass is 639 g/mol. The number of urea groups is 1. The molecule has 0 unspecified atom stereocenters. The molecular formula is C28H29Cl2F6N3O3. The molecule has 1 saturated carbocycles. The van der Waals surface area contributed by atoms with E-state index < -0.39 is 58.7 Å². The normalized spacial score (nSPS) is 20.6. The van der Waals surface area contributed by atoms with Gasteiger partial charge in [-0.15, -0.1) is 0 Å². The molecule has 2 aliphatic rings. The molecule has 0 aromatic heterocycles. The molecule has 1 saturated heterocycles. The first-order valence-electron chi connectivity index (χ1n) is 13.1. The summed E-state index contributed by atoms with van der Waals surface area (Å²) in [6.45, 7) is 5.54. The third kappa shape index (κ3) is 7.75. The van der Waals surface area contributed by atoms with Crippen molar-refractivity contribution >= 4 is 35.3 Å². The van der Waals surface area contributed by atoms with Crippen LogP contribution in [0.15, 0.2) is 36.4 Å². The van der Waals surface area contributed by atoms with Crippen LogP contribution in [0.5, 0.6) is 0 Å².